The summed E-state index contributed by atoms with van der Waals surface area (Å²) in [4.78, 5) is 0. The lowest BCUT2D eigenvalue weighted by Crippen LogP contribution is -2.39. The quantitative estimate of drug-likeness (QED) is 0.695. The average Bonchev–Trinajstić information content (AvgIpc) is 2.82. The van der Waals surface area contributed by atoms with Crippen LogP contribution in [0.1, 0.15) is 45.4 Å². The first kappa shape index (κ1) is 9.47. The van der Waals surface area contributed by atoms with Gasteiger partial charge in [-0.05, 0) is 43.9 Å². The van der Waals surface area contributed by atoms with Crippen LogP contribution in [0.15, 0.2) is 0 Å². The van der Waals surface area contributed by atoms with E-state index < -0.39 is 0 Å². The second-order valence-electron chi connectivity index (χ2n) is 4.84. The second kappa shape index (κ2) is 3.58. The third-order valence-electron chi connectivity index (χ3n) is 3.93. The maximum atomic E-state index is 9.62. The van der Waals surface area contributed by atoms with Gasteiger partial charge < -0.3 is 10.4 Å². The van der Waals surface area contributed by atoms with Crippen molar-refractivity contribution >= 4 is 0 Å². The van der Waals surface area contributed by atoms with E-state index in [-0.39, 0.29) is 6.10 Å². The molecule has 2 N–H and O–H groups in total. The third-order valence-corrected chi connectivity index (χ3v) is 3.93. The minimum Gasteiger partial charge on any atom is -0.392 e. The fraction of sp³-hybridized carbons (Fsp3) is 1.00. The van der Waals surface area contributed by atoms with E-state index in [0.29, 0.717) is 11.5 Å². The van der Waals surface area contributed by atoms with Crippen LogP contribution in [0, 0.1) is 5.41 Å². The smallest absolute Gasteiger partial charge is 0.0693 e. The van der Waals surface area contributed by atoms with Crippen LogP contribution in [0.5, 0.6) is 0 Å². The summed E-state index contributed by atoms with van der Waals surface area (Å²) in [6, 6.07) is 0.393. The molecule has 2 aliphatic rings. The Balaban J connectivity index is 1.73. The van der Waals surface area contributed by atoms with Crippen molar-refractivity contribution in [2.24, 2.45) is 5.41 Å². The lowest BCUT2D eigenvalue weighted by atomic mass is 10.0. The Kier molecular flexibility index (Phi) is 2.61. The SMILES string of the molecule is CCC1(CNC2CCCC2O)CC1. The molecule has 2 nitrogen and oxygen atoms in total. The third kappa shape index (κ3) is 2.05. The summed E-state index contributed by atoms with van der Waals surface area (Å²) < 4.78 is 0. The minimum atomic E-state index is -0.0762. The Morgan fingerprint density at radius 1 is 1.38 bits per heavy atom. The molecule has 0 saturated heterocycles. The summed E-state index contributed by atoms with van der Waals surface area (Å²) in [7, 11) is 0. The Labute approximate surface area is 80.7 Å². The molecule has 2 heteroatoms. The maximum Gasteiger partial charge on any atom is 0.0693 e. The average molecular weight is 183 g/mol. The molecule has 2 saturated carbocycles. The van der Waals surface area contributed by atoms with Gasteiger partial charge in [0.2, 0.25) is 0 Å². The molecule has 2 unspecified atom stereocenters. The molecule has 0 amide bonds. The van der Waals surface area contributed by atoms with Crippen LogP contribution in [0.2, 0.25) is 0 Å². The zero-order valence-corrected chi connectivity index (χ0v) is 8.55. The summed E-state index contributed by atoms with van der Waals surface area (Å²) in [5.41, 5.74) is 0.613. The fourth-order valence-electron chi connectivity index (χ4n) is 2.36. The molecular formula is C11H21NO. The molecule has 0 aliphatic heterocycles. The van der Waals surface area contributed by atoms with Crippen molar-refractivity contribution in [1.82, 2.24) is 5.32 Å². The van der Waals surface area contributed by atoms with Gasteiger partial charge >= 0.3 is 0 Å². The molecule has 2 fully saturated rings. The van der Waals surface area contributed by atoms with E-state index in [9.17, 15) is 5.11 Å². The Morgan fingerprint density at radius 2 is 2.15 bits per heavy atom. The first-order valence-corrected chi connectivity index (χ1v) is 5.67. The van der Waals surface area contributed by atoms with Crippen LogP contribution < -0.4 is 5.32 Å². The molecule has 0 aromatic carbocycles. The topological polar surface area (TPSA) is 32.3 Å². The lowest BCUT2D eigenvalue weighted by molar-refractivity contribution is 0.145. The largest absolute Gasteiger partial charge is 0.392 e. The molecule has 0 heterocycles. The first-order valence-electron chi connectivity index (χ1n) is 5.67. The van der Waals surface area contributed by atoms with E-state index in [4.69, 9.17) is 0 Å². The molecule has 0 spiro atoms. The van der Waals surface area contributed by atoms with Crippen molar-refractivity contribution in [1.29, 1.82) is 0 Å². The molecule has 13 heavy (non-hydrogen) atoms. The van der Waals surface area contributed by atoms with Gasteiger partial charge in [-0.15, -0.1) is 0 Å². The second-order valence-corrected chi connectivity index (χ2v) is 4.84. The van der Waals surface area contributed by atoms with Crippen molar-refractivity contribution in [2.75, 3.05) is 6.54 Å². The molecule has 2 rings (SSSR count). The normalized spacial score (nSPS) is 36.5. The fourth-order valence-corrected chi connectivity index (χ4v) is 2.36. The Bertz CT molecular complexity index is 177. The van der Waals surface area contributed by atoms with Gasteiger partial charge in [0.15, 0.2) is 0 Å². The highest BCUT2D eigenvalue weighted by atomic mass is 16.3. The highest BCUT2D eigenvalue weighted by Gasteiger charge is 2.41. The molecule has 0 aromatic rings. The van der Waals surface area contributed by atoms with Gasteiger partial charge in [-0.1, -0.05) is 6.92 Å². The van der Waals surface area contributed by atoms with Gasteiger partial charge in [-0.25, -0.2) is 0 Å². The van der Waals surface area contributed by atoms with Crippen LogP contribution in [0.3, 0.4) is 0 Å². The van der Waals surface area contributed by atoms with E-state index >= 15 is 0 Å². The van der Waals surface area contributed by atoms with Gasteiger partial charge in [0.05, 0.1) is 6.10 Å². The maximum absolute atomic E-state index is 9.62. The van der Waals surface area contributed by atoms with Gasteiger partial charge in [0.1, 0.15) is 0 Å². The van der Waals surface area contributed by atoms with E-state index in [1.807, 2.05) is 0 Å². The van der Waals surface area contributed by atoms with Crippen LogP contribution in [-0.4, -0.2) is 23.8 Å². The number of nitrogens with one attached hydrogen (secondary N) is 1. The van der Waals surface area contributed by atoms with Gasteiger partial charge in [-0.3, -0.25) is 0 Å². The van der Waals surface area contributed by atoms with E-state index in [0.717, 1.165) is 13.0 Å². The molecule has 76 valence electrons. The van der Waals surface area contributed by atoms with Crippen LogP contribution in [0.25, 0.3) is 0 Å². The van der Waals surface area contributed by atoms with Crippen LogP contribution in [0.4, 0.5) is 0 Å². The van der Waals surface area contributed by atoms with E-state index in [1.54, 1.807) is 0 Å². The Morgan fingerprint density at radius 3 is 2.62 bits per heavy atom. The number of aliphatic hydroxyl groups is 1. The summed E-state index contributed by atoms with van der Waals surface area (Å²) in [6.07, 6.45) is 7.35. The molecule has 0 radical (unpaired) electrons. The predicted molar refractivity (Wildman–Crippen MR) is 53.6 cm³/mol. The van der Waals surface area contributed by atoms with Crippen LogP contribution in [-0.2, 0) is 0 Å². The summed E-state index contributed by atoms with van der Waals surface area (Å²) >= 11 is 0. The summed E-state index contributed by atoms with van der Waals surface area (Å²) in [6.45, 7) is 3.41. The minimum absolute atomic E-state index is 0.0762. The van der Waals surface area contributed by atoms with Crippen molar-refractivity contribution in [3.8, 4) is 0 Å². The zero-order chi connectivity index (χ0) is 9.31. The molecule has 0 bridgehead atoms. The number of rotatable bonds is 4. The number of hydrogen-bond donors (Lipinski definition) is 2. The molecule has 0 aromatic heterocycles. The standard InChI is InChI=1S/C11H21NO/c1-2-11(6-7-11)8-12-9-4-3-5-10(9)13/h9-10,12-13H,2-8H2,1H3. The predicted octanol–water partition coefficient (Wildman–Crippen LogP) is 1.68. The summed E-state index contributed by atoms with van der Waals surface area (Å²) in [5.74, 6) is 0. The van der Waals surface area contributed by atoms with Gasteiger partial charge in [0.25, 0.3) is 0 Å². The monoisotopic (exact) mass is 183 g/mol. The Hall–Kier alpha value is -0.0800. The van der Waals surface area contributed by atoms with Crippen molar-refractivity contribution in [2.45, 2.75) is 57.6 Å². The van der Waals surface area contributed by atoms with E-state index in [2.05, 4.69) is 12.2 Å². The lowest BCUT2D eigenvalue weighted by Gasteiger charge is -2.20. The first-order chi connectivity index (χ1) is 6.26. The van der Waals surface area contributed by atoms with Gasteiger partial charge in [0, 0.05) is 12.6 Å². The van der Waals surface area contributed by atoms with Crippen molar-refractivity contribution in [3.63, 3.8) is 0 Å². The molecule has 2 atom stereocenters. The molecular weight excluding hydrogens is 162 g/mol. The number of hydrogen-bond acceptors (Lipinski definition) is 2. The molecule has 2 aliphatic carbocycles. The van der Waals surface area contributed by atoms with Gasteiger partial charge in [-0.2, -0.15) is 0 Å². The number of aliphatic hydroxyl groups excluding tert-OH is 1. The van der Waals surface area contributed by atoms with E-state index in [1.165, 1.54) is 32.1 Å². The van der Waals surface area contributed by atoms with Crippen molar-refractivity contribution < 1.29 is 5.11 Å². The van der Waals surface area contributed by atoms with Crippen molar-refractivity contribution in [3.05, 3.63) is 0 Å². The highest BCUT2D eigenvalue weighted by molar-refractivity contribution is 4.95. The highest BCUT2D eigenvalue weighted by Crippen LogP contribution is 2.48. The van der Waals surface area contributed by atoms with Crippen LogP contribution >= 0.6 is 0 Å². The summed E-state index contributed by atoms with van der Waals surface area (Å²) in [5, 5.41) is 13.2. The zero-order valence-electron chi connectivity index (χ0n) is 8.55.